The third-order valence-corrected chi connectivity index (χ3v) is 4.78. The molecule has 1 unspecified atom stereocenters. The number of phenols is 1. The minimum absolute atomic E-state index is 0.0687. The van der Waals surface area contributed by atoms with Crippen molar-refractivity contribution in [3.05, 3.63) is 29.8 Å². The number of aromatic hydroxyl groups is 1. The second-order valence-corrected chi connectivity index (χ2v) is 6.46. The van der Waals surface area contributed by atoms with Gasteiger partial charge in [0, 0.05) is 0 Å². The molecule has 6 heteroatoms. The predicted molar refractivity (Wildman–Crippen MR) is 71.4 cm³/mol. The maximum absolute atomic E-state index is 12.2. The Bertz CT molecular complexity index is 518. The molecule has 106 valence electrons. The highest BCUT2D eigenvalue weighted by molar-refractivity contribution is 7.92. The lowest BCUT2D eigenvalue weighted by molar-refractivity contribution is -0.140. The topological polar surface area (TPSA) is 80.7 Å². The van der Waals surface area contributed by atoms with Gasteiger partial charge >= 0.3 is 5.97 Å². The lowest BCUT2D eigenvalue weighted by Crippen LogP contribution is -2.32. The molecule has 0 saturated heterocycles. The standard InChI is InChI=1S/C13H18O5S/c1-3-4-12(13(15)18-2)19(16,17)9-10-5-7-11(14)8-6-10/h5-8,12,14H,3-4,9H2,1-2H3. The fourth-order valence-electron chi connectivity index (χ4n) is 1.76. The van der Waals surface area contributed by atoms with Gasteiger partial charge in [-0.1, -0.05) is 25.5 Å². The zero-order chi connectivity index (χ0) is 14.5. The van der Waals surface area contributed by atoms with Gasteiger partial charge in [0.15, 0.2) is 15.1 Å². The van der Waals surface area contributed by atoms with Crippen molar-refractivity contribution < 1.29 is 23.1 Å². The number of esters is 1. The first-order valence-corrected chi connectivity index (χ1v) is 7.69. The highest BCUT2D eigenvalue weighted by Gasteiger charge is 2.32. The Morgan fingerprint density at radius 3 is 2.37 bits per heavy atom. The van der Waals surface area contributed by atoms with Crippen LogP contribution in [-0.2, 0) is 25.1 Å². The molecule has 5 nitrogen and oxygen atoms in total. The first kappa shape index (κ1) is 15.5. The normalized spacial score (nSPS) is 12.9. The van der Waals surface area contributed by atoms with Crippen LogP contribution < -0.4 is 0 Å². The van der Waals surface area contributed by atoms with Gasteiger partial charge < -0.3 is 9.84 Å². The van der Waals surface area contributed by atoms with Gasteiger partial charge in [0.25, 0.3) is 0 Å². The van der Waals surface area contributed by atoms with E-state index in [0.717, 1.165) is 0 Å². The molecule has 0 spiro atoms. The van der Waals surface area contributed by atoms with Crippen molar-refractivity contribution >= 4 is 15.8 Å². The second kappa shape index (κ2) is 6.56. The first-order valence-electron chi connectivity index (χ1n) is 5.98. The number of carbonyl (C=O) groups excluding carboxylic acids is 1. The van der Waals surface area contributed by atoms with Crippen molar-refractivity contribution in [2.45, 2.75) is 30.8 Å². The Morgan fingerprint density at radius 2 is 1.89 bits per heavy atom. The molecule has 0 saturated carbocycles. The van der Waals surface area contributed by atoms with Crippen molar-refractivity contribution in [2.24, 2.45) is 0 Å². The number of methoxy groups -OCH3 is 1. The molecule has 1 N–H and O–H groups in total. The van der Waals surface area contributed by atoms with Gasteiger partial charge in [-0.25, -0.2) is 8.42 Å². The van der Waals surface area contributed by atoms with Crippen molar-refractivity contribution in [1.29, 1.82) is 0 Å². The molecule has 0 aromatic heterocycles. The van der Waals surface area contributed by atoms with E-state index in [1.807, 2.05) is 6.92 Å². The highest BCUT2D eigenvalue weighted by Crippen LogP contribution is 2.18. The molecule has 0 bridgehead atoms. The molecule has 19 heavy (non-hydrogen) atoms. The summed E-state index contributed by atoms with van der Waals surface area (Å²) < 4.78 is 29.0. The molecule has 1 atom stereocenters. The minimum atomic E-state index is -3.62. The maximum Gasteiger partial charge on any atom is 0.324 e. The molecule has 0 heterocycles. The van der Waals surface area contributed by atoms with Crippen LogP contribution in [0, 0.1) is 0 Å². The van der Waals surface area contributed by atoms with Crippen LogP contribution in [0.2, 0.25) is 0 Å². The number of hydrogen-bond acceptors (Lipinski definition) is 5. The van der Waals surface area contributed by atoms with E-state index in [9.17, 15) is 13.2 Å². The van der Waals surface area contributed by atoms with Crippen LogP contribution in [0.5, 0.6) is 5.75 Å². The van der Waals surface area contributed by atoms with E-state index in [1.165, 1.54) is 31.4 Å². The summed E-state index contributed by atoms with van der Waals surface area (Å²) in [4.78, 5) is 11.6. The van der Waals surface area contributed by atoms with Crippen molar-refractivity contribution in [3.63, 3.8) is 0 Å². The Kier molecular flexibility index (Phi) is 5.35. The van der Waals surface area contributed by atoms with Crippen LogP contribution in [0.4, 0.5) is 0 Å². The summed E-state index contributed by atoms with van der Waals surface area (Å²) in [6, 6.07) is 5.87. The Hall–Kier alpha value is -1.56. The van der Waals surface area contributed by atoms with Crippen molar-refractivity contribution in [3.8, 4) is 5.75 Å². The number of ether oxygens (including phenoxy) is 1. The zero-order valence-corrected chi connectivity index (χ0v) is 11.8. The molecule has 0 aliphatic rings. The summed E-state index contributed by atoms with van der Waals surface area (Å²) >= 11 is 0. The number of hydrogen-bond donors (Lipinski definition) is 1. The van der Waals surface area contributed by atoms with Gasteiger partial charge in [-0.05, 0) is 24.1 Å². The Morgan fingerprint density at radius 1 is 1.32 bits per heavy atom. The van der Waals surface area contributed by atoms with E-state index >= 15 is 0 Å². The quantitative estimate of drug-likeness (QED) is 0.804. The monoisotopic (exact) mass is 286 g/mol. The number of benzene rings is 1. The summed E-state index contributed by atoms with van der Waals surface area (Å²) in [5, 5.41) is 8.02. The first-order chi connectivity index (χ1) is 8.90. The zero-order valence-electron chi connectivity index (χ0n) is 11.0. The van der Waals surface area contributed by atoms with Crippen LogP contribution >= 0.6 is 0 Å². The molecule has 1 aromatic rings. The van der Waals surface area contributed by atoms with E-state index in [0.29, 0.717) is 12.0 Å². The Balaban J connectivity index is 2.94. The second-order valence-electron chi connectivity index (χ2n) is 4.27. The third kappa shape index (κ3) is 4.24. The van der Waals surface area contributed by atoms with E-state index in [-0.39, 0.29) is 17.9 Å². The van der Waals surface area contributed by atoms with Gasteiger partial charge in [0.1, 0.15) is 5.75 Å². The molecule has 0 aliphatic carbocycles. The molecular formula is C13H18O5S. The Labute approximate surface area is 113 Å². The van der Waals surface area contributed by atoms with Gasteiger partial charge in [-0.15, -0.1) is 0 Å². The number of sulfone groups is 1. The number of rotatable bonds is 6. The number of carbonyl (C=O) groups is 1. The molecule has 0 radical (unpaired) electrons. The average molecular weight is 286 g/mol. The van der Waals surface area contributed by atoms with Crippen LogP contribution in [-0.4, -0.2) is 31.9 Å². The molecule has 1 rings (SSSR count). The molecule has 0 amide bonds. The van der Waals surface area contributed by atoms with Gasteiger partial charge in [-0.3, -0.25) is 4.79 Å². The summed E-state index contributed by atoms with van der Waals surface area (Å²) in [6.07, 6.45) is 0.821. The van der Waals surface area contributed by atoms with Crippen molar-refractivity contribution in [2.75, 3.05) is 7.11 Å². The minimum Gasteiger partial charge on any atom is -0.508 e. The van der Waals surface area contributed by atoms with Gasteiger partial charge in [0.2, 0.25) is 0 Å². The predicted octanol–water partition coefficient (Wildman–Crippen LogP) is 1.65. The molecule has 0 aliphatic heterocycles. The summed E-state index contributed by atoms with van der Waals surface area (Å²) in [6.45, 7) is 1.81. The fraction of sp³-hybridized carbons (Fsp3) is 0.462. The summed E-state index contributed by atoms with van der Waals surface area (Å²) in [5.74, 6) is -0.896. The van der Waals surface area contributed by atoms with Crippen LogP contribution in [0.1, 0.15) is 25.3 Å². The lowest BCUT2D eigenvalue weighted by atomic mass is 10.2. The van der Waals surface area contributed by atoms with Gasteiger partial charge in [-0.2, -0.15) is 0 Å². The number of phenolic OH excluding ortho intramolecular Hbond substituents is 1. The highest BCUT2D eigenvalue weighted by atomic mass is 32.2. The lowest BCUT2D eigenvalue weighted by Gasteiger charge is -2.14. The molecule has 1 aromatic carbocycles. The van der Waals surface area contributed by atoms with Crippen LogP contribution in [0.3, 0.4) is 0 Å². The fourth-order valence-corrected chi connectivity index (χ4v) is 3.61. The molecule has 0 fully saturated rings. The van der Waals surface area contributed by atoms with Crippen molar-refractivity contribution in [1.82, 2.24) is 0 Å². The maximum atomic E-state index is 12.2. The van der Waals surface area contributed by atoms with Gasteiger partial charge in [0.05, 0.1) is 12.9 Å². The van der Waals surface area contributed by atoms with E-state index in [4.69, 9.17) is 5.11 Å². The smallest absolute Gasteiger partial charge is 0.324 e. The average Bonchev–Trinajstić information content (AvgIpc) is 2.37. The summed E-state index contributed by atoms with van der Waals surface area (Å²) in [7, 11) is -2.44. The van der Waals surface area contributed by atoms with E-state index < -0.39 is 21.1 Å². The SMILES string of the molecule is CCCC(C(=O)OC)S(=O)(=O)Cc1ccc(O)cc1. The van der Waals surface area contributed by atoms with E-state index in [2.05, 4.69) is 4.74 Å². The third-order valence-electron chi connectivity index (χ3n) is 2.75. The summed E-state index contributed by atoms with van der Waals surface area (Å²) in [5.41, 5.74) is 0.530. The van der Waals surface area contributed by atoms with Crippen LogP contribution in [0.15, 0.2) is 24.3 Å². The molecular weight excluding hydrogens is 268 g/mol. The van der Waals surface area contributed by atoms with Crippen LogP contribution in [0.25, 0.3) is 0 Å². The largest absolute Gasteiger partial charge is 0.508 e. The van der Waals surface area contributed by atoms with E-state index in [1.54, 1.807) is 0 Å².